The Hall–Kier alpha value is -3.57. The molecule has 0 radical (unpaired) electrons. The predicted molar refractivity (Wildman–Crippen MR) is 109 cm³/mol. The number of hydrazine groups is 1. The number of hydrogen-bond donors (Lipinski definition) is 2. The number of carbonyl (C=O) groups is 2. The monoisotopic (exact) mass is 429 g/mol. The summed E-state index contributed by atoms with van der Waals surface area (Å²) in [6.07, 6.45) is 0. The van der Waals surface area contributed by atoms with Crippen molar-refractivity contribution in [1.82, 2.24) is 24.9 Å². The molecule has 0 aliphatic carbocycles. The van der Waals surface area contributed by atoms with E-state index in [-0.39, 0.29) is 21.7 Å². The van der Waals surface area contributed by atoms with Gasteiger partial charge in [-0.25, -0.2) is 17.4 Å². The number of nitrogens with zero attached hydrogens (tertiary/aromatic N) is 3. The molecule has 0 aliphatic rings. The molecule has 0 spiro atoms. The second kappa shape index (κ2) is 8.05. The van der Waals surface area contributed by atoms with Crippen LogP contribution in [-0.2, 0) is 17.1 Å². The van der Waals surface area contributed by atoms with Crippen molar-refractivity contribution in [1.29, 1.82) is 0 Å². The molecule has 30 heavy (non-hydrogen) atoms. The third kappa shape index (κ3) is 3.93. The van der Waals surface area contributed by atoms with Crippen molar-refractivity contribution >= 4 is 32.6 Å². The summed E-state index contributed by atoms with van der Waals surface area (Å²) < 4.78 is 26.3. The van der Waals surface area contributed by atoms with Gasteiger partial charge >= 0.3 is 0 Å². The number of amides is 2. The number of aromatic nitrogens is 2. The first-order valence-corrected chi connectivity index (χ1v) is 10.2. The van der Waals surface area contributed by atoms with E-state index in [1.54, 1.807) is 24.3 Å². The van der Waals surface area contributed by atoms with Gasteiger partial charge in [-0.2, -0.15) is 5.10 Å². The topological polar surface area (TPSA) is 130 Å². The van der Waals surface area contributed by atoms with Crippen LogP contribution in [0.3, 0.4) is 0 Å². The van der Waals surface area contributed by atoms with Crippen molar-refractivity contribution in [2.45, 2.75) is 4.90 Å². The van der Waals surface area contributed by atoms with Crippen LogP contribution in [-0.4, -0.2) is 48.4 Å². The van der Waals surface area contributed by atoms with Crippen LogP contribution >= 0.6 is 0 Å². The van der Waals surface area contributed by atoms with E-state index in [9.17, 15) is 22.8 Å². The van der Waals surface area contributed by atoms with E-state index >= 15 is 0 Å². The molecule has 0 bridgehead atoms. The Balaban J connectivity index is 1.77. The van der Waals surface area contributed by atoms with Gasteiger partial charge in [0.05, 0.1) is 10.3 Å². The minimum Gasteiger partial charge on any atom is -0.267 e. The summed E-state index contributed by atoms with van der Waals surface area (Å²) in [5.41, 5.74) is 4.28. The molecule has 0 aliphatic heterocycles. The summed E-state index contributed by atoms with van der Waals surface area (Å²) >= 11 is 0. The lowest BCUT2D eigenvalue weighted by atomic mass is 10.1. The van der Waals surface area contributed by atoms with Gasteiger partial charge in [0.2, 0.25) is 10.0 Å². The number of fused-ring (bicyclic) bond motifs is 1. The minimum atomic E-state index is -3.61. The first kappa shape index (κ1) is 21.1. The number of rotatable bonds is 4. The Morgan fingerprint density at radius 1 is 0.933 bits per heavy atom. The average Bonchev–Trinajstić information content (AvgIpc) is 2.74. The van der Waals surface area contributed by atoms with Gasteiger partial charge in [-0.15, -0.1) is 0 Å². The Morgan fingerprint density at radius 3 is 2.10 bits per heavy atom. The number of benzene rings is 2. The molecule has 2 amide bonds. The van der Waals surface area contributed by atoms with E-state index < -0.39 is 21.8 Å². The van der Waals surface area contributed by atoms with Crippen LogP contribution < -0.4 is 16.4 Å². The van der Waals surface area contributed by atoms with Gasteiger partial charge < -0.3 is 0 Å². The molecule has 1 aromatic heterocycles. The Kier molecular flexibility index (Phi) is 5.67. The van der Waals surface area contributed by atoms with Gasteiger partial charge in [-0.3, -0.25) is 25.2 Å². The Bertz CT molecular complexity index is 1300. The highest BCUT2D eigenvalue weighted by Gasteiger charge is 2.19. The first-order valence-electron chi connectivity index (χ1n) is 8.72. The number of aryl methyl sites for hydroxylation is 1. The Morgan fingerprint density at radius 2 is 1.50 bits per heavy atom. The third-order valence-electron chi connectivity index (χ3n) is 4.36. The van der Waals surface area contributed by atoms with Gasteiger partial charge in [0.1, 0.15) is 0 Å². The molecule has 156 valence electrons. The molecular formula is C19H19N5O5S. The molecule has 10 nitrogen and oxygen atoms in total. The lowest BCUT2D eigenvalue weighted by molar-refractivity contribution is 0.0844. The van der Waals surface area contributed by atoms with E-state index in [0.717, 1.165) is 8.99 Å². The van der Waals surface area contributed by atoms with Crippen LogP contribution in [0.2, 0.25) is 0 Å². The smallest absolute Gasteiger partial charge is 0.267 e. The van der Waals surface area contributed by atoms with Crippen LogP contribution in [0.4, 0.5) is 0 Å². The summed E-state index contributed by atoms with van der Waals surface area (Å²) in [5.74, 6) is -1.35. The second-order valence-corrected chi connectivity index (χ2v) is 8.69. The lowest BCUT2D eigenvalue weighted by Gasteiger charge is -2.12. The highest BCUT2D eigenvalue weighted by molar-refractivity contribution is 7.89. The number of hydrogen-bond acceptors (Lipinski definition) is 6. The zero-order valence-corrected chi connectivity index (χ0v) is 17.2. The van der Waals surface area contributed by atoms with Gasteiger partial charge in [0.15, 0.2) is 5.69 Å². The van der Waals surface area contributed by atoms with Crippen molar-refractivity contribution in [3.63, 3.8) is 0 Å². The molecule has 0 saturated heterocycles. The molecule has 2 aromatic carbocycles. The highest BCUT2D eigenvalue weighted by atomic mass is 32.2. The van der Waals surface area contributed by atoms with Crippen molar-refractivity contribution < 1.29 is 18.0 Å². The van der Waals surface area contributed by atoms with E-state index in [2.05, 4.69) is 16.0 Å². The first-order chi connectivity index (χ1) is 14.1. The van der Waals surface area contributed by atoms with Crippen LogP contribution in [0.15, 0.2) is 58.2 Å². The lowest BCUT2D eigenvalue weighted by Crippen LogP contribution is -2.42. The van der Waals surface area contributed by atoms with E-state index in [4.69, 9.17) is 0 Å². The van der Waals surface area contributed by atoms with Crippen LogP contribution in [0.25, 0.3) is 10.8 Å². The quantitative estimate of drug-likeness (QED) is 0.572. The largest absolute Gasteiger partial charge is 0.290 e. The zero-order valence-electron chi connectivity index (χ0n) is 16.4. The molecule has 2 N–H and O–H groups in total. The standard InChI is InChI=1S/C19H19N5O5S/c1-23(2)30(28,29)13-10-8-12(9-11-13)17(25)20-21-18(26)16-14-6-4-5-7-15(14)19(27)24(3)22-16/h4-11H,1-3H3,(H,20,25)(H,21,26). The fourth-order valence-corrected chi connectivity index (χ4v) is 3.60. The second-order valence-electron chi connectivity index (χ2n) is 6.54. The number of nitrogens with one attached hydrogen (secondary N) is 2. The summed E-state index contributed by atoms with van der Waals surface area (Å²) in [6.45, 7) is 0. The predicted octanol–water partition coefficient (Wildman–Crippen LogP) is 0.259. The van der Waals surface area contributed by atoms with Crippen LogP contribution in [0.5, 0.6) is 0 Å². The van der Waals surface area contributed by atoms with Gasteiger partial charge in [-0.05, 0) is 30.3 Å². The normalized spacial score (nSPS) is 11.5. The van der Waals surface area contributed by atoms with Crippen LogP contribution in [0.1, 0.15) is 20.8 Å². The summed E-state index contributed by atoms with van der Waals surface area (Å²) in [7, 11) is 0.621. The van der Waals surface area contributed by atoms with Crippen molar-refractivity contribution in [3.05, 3.63) is 70.1 Å². The van der Waals surface area contributed by atoms with Crippen molar-refractivity contribution in [2.24, 2.45) is 7.05 Å². The van der Waals surface area contributed by atoms with Gasteiger partial charge in [0, 0.05) is 32.1 Å². The van der Waals surface area contributed by atoms with Crippen molar-refractivity contribution in [2.75, 3.05) is 14.1 Å². The summed E-state index contributed by atoms with van der Waals surface area (Å²) in [5, 5.41) is 4.65. The maximum Gasteiger partial charge on any atom is 0.290 e. The molecule has 0 atom stereocenters. The zero-order chi connectivity index (χ0) is 22.1. The summed E-state index contributed by atoms with van der Waals surface area (Å²) in [6, 6.07) is 11.8. The molecule has 3 aromatic rings. The molecule has 3 rings (SSSR count). The number of sulfonamides is 1. The van der Waals surface area contributed by atoms with Crippen LogP contribution in [0, 0.1) is 0 Å². The third-order valence-corrected chi connectivity index (χ3v) is 6.19. The highest BCUT2D eigenvalue weighted by Crippen LogP contribution is 2.14. The average molecular weight is 429 g/mol. The SMILES string of the molecule is CN(C)S(=O)(=O)c1ccc(C(=O)NNC(=O)c2nn(C)c(=O)c3ccccc23)cc1. The maximum atomic E-state index is 12.5. The molecule has 11 heteroatoms. The molecule has 0 saturated carbocycles. The molecular weight excluding hydrogens is 410 g/mol. The maximum absolute atomic E-state index is 12.5. The van der Waals surface area contributed by atoms with Gasteiger partial charge in [-0.1, -0.05) is 18.2 Å². The van der Waals surface area contributed by atoms with E-state index in [1.807, 2.05) is 0 Å². The fraction of sp³-hybridized carbons (Fsp3) is 0.158. The Labute approximate surface area is 172 Å². The summed E-state index contributed by atoms with van der Waals surface area (Å²) in [4.78, 5) is 37.0. The van der Waals surface area contributed by atoms with Gasteiger partial charge in [0.25, 0.3) is 17.4 Å². The van der Waals surface area contributed by atoms with Crippen molar-refractivity contribution in [3.8, 4) is 0 Å². The minimum absolute atomic E-state index is 0.0274. The number of carbonyl (C=O) groups excluding carboxylic acids is 2. The fourth-order valence-electron chi connectivity index (χ4n) is 2.70. The van der Waals surface area contributed by atoms with E-state index in [0.29, 0.717) is 10.8 Å². The molecule has 1 heterocycles. The molecule has 0 fully saturated rings. The van der Waals surface area contributed by atoms with E-state index in [1.165, 1.54) is 45.4 Å². The molecule has 0 unspecified atom stereocenters.